The average Bonchev–Trinajstić information content (AvgIpc) is 3.04. The Morgan fingerprint density at radius 2 is 1.81 bits per heavy atom. The Labute approximate surface area is 203 Å². The van der Waals surface area contributed by atoms with Crippen LogP contribution in [0.5, 0.6) is 0 Å². The zero-order valence-corrected chi connectivity index (χ0v) is 20.8. The number of fused-ring (bicyclic) bond motifs is 5. The summed E-state index contributed by atoms with van der Waals surface area (Å²) in [5.41, 5.74) is -0.209. The number of esters is 1. The lowest BCUT2D eigenvalue weighted by Crippen LogP contribution is -2.58. The van der Waals surface area contributed by atoms with Crippen molar-refractivity contribution in [2.45, 2.75) is 77.4 Å². The number of Topliss-reactive ketones (excluding diaryl/α,β-unsaturated/α-hetero) is 2. The molecule has 0 aromatic heterocycles. The Balaban J connectivity index is 0.00000144. The van der Waals surface area contributed by atoms with E-state index >= 15 is 0 Å². The summed E-state index contributed by atoms with van der Waals surface area (Å²) in [6.07, 6.45) is 6.62. The molecule has 5 rings (SSSR count). The van der Waals surface area contributed by atoms with E-state index in [2.05, 4.69) is 24.5 Å². The van der Waals surface area contributed by atoms with Crippen LogP contribution in [0.2, 0.25) is 0 Å². The van der Waals surface area contributed by atoms with Crippen LogP contribution in [-0.2, 0) is 19.1 Å². The van der Waals surface area contributed by atoms with Crippen molar-refractivity contribution in [3.8, 4) is 0 Å². The molecule has 2 N–H and O–H groups in total. The molecule has 8 heteroatoms. The number of ketones is 2. The second kappa shape index (κ2) is 9.52. The van der Waals surface area contributed by atoms with Crippen molar-refractivity contribution in [3.05, 3.63) is 0 Å². The molecule has 4 aliphatic carbocycles. The first-order valence-corrected chi connectivity index (χ1v) is 12.0. The highest BCUT2D eigenvalue weighted by Crippen LogP contribution is 2.64. The van der Waals surface area contributed by atoms with Gasteiger partial charge in [-0.1, -0.05) is 13.8 Å². The van der Waals surface area contributed by atoms with Crippen LogP contribution < -0.4 is 10.6 Å². The predicted molar refractivity (Wildman–Crippen MR) is 126 cm³/mol. The Morgan fingerprint density at radius 1 is 1.03 bits per heavy atom. The lowest BCUT2D eigenvalue weighted by molar-refractivity contribution is -0.171. The third kappa shape index (κ3) is 4.03. The SMILES string of the molecule is C[C@]12CC[C@H](OC(=O)C3CNCCN3)CC1C(=O)C[C@@H]1[C@@H]2CC[C@]2(C)C(=O)CC[C@@H]12.Cl.Cl. The number of hydrogen-bond donors (Lipinski definition) is 2. The summed E-state index contributed by atoms with van der Waals surface area (Å²) < 4.78 is 5.87. The van der Waals surface area contributed by atoms with Crippen LogP contribution in [0.3, 0.4) is 0 Å². The molecule has 182 valence electrons. The molecule has 0 bridgehead atoms. The van der Waals surface area contributed by atoms with Gasteiger partial charge in [-0.25, -0.2) is 0 Å². The van der Waals surface area contributed by atoms with Gasteiger partial charge in [0.05, 0.1) is 0 Å². The summed E-state index contributed by atoms with van der Waals surface area (Å²) in [4.78, 5) is 38.5. The molecule has 8 atom stereocenters. The molecule has 2 unspecified atom stereocenters. The number of halogens is 2. The largest absolute Gasteiger partial charge is 0.461 e. The highest BCUT2D eigenvalue weighted by Gasteiger charge is 2.62. The van der Waals surface area contributed by atoms with Crippen molar-refractivity contribution in [2.75, 3.05) is 19.6 Å². The van der Waals surface area contributed by atoms with Gasteiger partial charge in [-0.15, -0.1) is 24.8 Å². The number of ether oxygens (including phenoxy) is 1. The number of carbonyl (C=O) groups is 3. The fraction of sp³-hybridized carbons (Fsp3) is 0.875. The van der Waals surface area contributed by atoms with Crippen molar-refractivity contribution in [1.29, 1.82) is 0 Å². The van der Waals surface area contributed by atoms with E-state index in [-0.39, 0.29) is 59.7 Å². The van der Waals surface area contributed by atoms with Gasteiger partial charge in [0, 0.05) is 43.8 Å². The lowest BCUT2D eigenvalue weighted by Gasteiger charge is -2.59. The van der Waals surface area contributed by atoms with E-state index in [0.717, 1.165) is 45.2 Å². The molecule has 5 fully saturated rings. The second-order valence-corrected chi connectivity index (χ2v) is 11.1. The normalized spacial score (nSPS) is 45.4. The van der Waals surface area contributed by atoms with Crippen molar-refractivity contribution in [1.82, 2.24) is 10.6 Å². The predicted octanol–water partition coefficient (Wildman–Crippen LogP) is 3.09. The third-order valence-corrected chi connectivity index (χ3v) is 9.73. The Bertz CT molecular complexity index is 758. The smallest absolute Gasteiger partial charge is 0.324 e. The molecule has 6 nitrogen and oxygen atoms in total. The van der Waals surface area contributed by atoms with Crippen LogP contribution in [0, 0.1) is 34.5 Å². The molecule has 0 amide bonds. The highest BCUT2D eigenvalue weighted by molar-refractivity contribution is 5.88. The minimum Gasteiger partial charge on any atom is -0.461 e. The number of hydrogen-bond acceptors (Lipinski definition) is 6. The van der Waals surface area contributed by atoms with E-state index < -0.39 is 0 Å². The summed E-state index contributed by atoms with van der Waals surface area (Å²) in [6, 6.07) is -0.283. The molecule has 1 aliphatic heterocycles. The van der Waals surface area contributed by atoms with E-state index in [4.69, 9.17) is 4.74 Å². The van der Waals surface area contributed by atoms with Gasteiger partial charge in [0.2, 0.25) is 0 Å². The van der Waals surface area contributed by atoms with Crippen LogP contribution in [-0.4, -0.2) is 49.3 Å². The van der Waals surface area contributed by atoms with E-state index in [0.29, 0.717) is 55.1 Å². The van der Waals surface area contributed by atoms with Gasteiger partial charge in [0.1, 0.15) is 23.7 Å². The van der Waals surface area contributed by atoms with Gasteiger partial charge >= 0.3 is 5.97 Å². The number of rotatable bonds is 2. The first kappa shape index (κ1) is 25.9. The van der Waals surface area contributed by atoms with E-state index in [1.54, 1.807) is 0 Å². The molecule has 1 heterocycles. The molecule has 0 aromatic carbocycles. The average molecular weight is 489 g/mol. The van der Waals surface area contributed by atoms with Crippen molar-refractivity contribution < 1.29 is 19.1 Å². The van der Waals surface area contributed by atoms with Crippen LogP contribution in [0.25, 0.3) is 0 Å². The van der Waals surface area contributed by atoms with Gasteiger partial charge in [-0.3, -0.25) is 14.4 Å². The van der Waals surface area contributed by atoms with Crippen LogP contribution in [0.15, 0.2) is 0 Å². The summed E-state index contributed by atoms with van der Waals surface area (Å²) in [5.74, 6) is 1.84. The van der Waals surface area contributed by atoms with Crippen molar-refractivity contribution in [2.24, 2.45) is 34.5 Å². The molecular formula is C24H38Cl2N2O4. The van der Waals surface area contributed by atoms with Crippen LogP contribution >= 0.6 is 24.8 Å². The van der Waals surface area contributed by atoms with Gasteiger partial charge in [-0.05, 0) is 61.7 Å². The Kier molecular flexibility index (Phi) is 7.71. The molecule has 0 aromatic rings. The van der Waals surface area contributed by atoms with Crippen molar-refractivity contribution in [3.63, 3.8) is 0 Å². The van der Waals surface area contributed by atoms with E-state index in [1.165, 1.54) is 0 Å². The van der Waals surface area contributed by atoms with Gasteiger partial charge in [-0.2, -0.15) is 0 Å². The first-order chi connectivity index (χ1) is 14.3. The third-order valence-electron chi connectivity index (χ3n) is 9.73. The monoisotopic (exact) mass is 488 g/mol. The number of carbonyl (C=O) groups excluding carboxylic acids is 3. The maximum atomic E-state index is 13.3. The molecule has 0 radical (unpaired) electrons. The zero-order valence-electron chi connectivity index (χ0n) is 19.2. The summed E-state index contributed by atoms with van der Waals surface area (Å²) in [5, 5.41) is 6.44. The fourth-order valence-corrected chi connectivity index (χ4v) is 7.95. The number of piperazine rings is 1. The van der Waals surface area contributed by atoms with Gasteiger partial charge in [0.25, 0.3) is 0 Å². The highest BCUT2D eigenvalue weighted by atomic mass is 35.5. The van der Waals surface area contributed by atoms with E-state index in [9.17, 15) is 14.4 Å². The molecule has 5 aliphatic rings. The standard InChI is InChI=1S/C24H36N2O4.2ClH/c1-23-7-5-14(30-22(29)19-13-25-9-10-26-19)11-18(23)20(27)12-15-16-3-4-21(28)24(16,2)8-6-17(15)23;;/h14-19,25-26H,3-13H2,1-2H3;2*1H/t14-,15-,16-,17-,18?,19?,23+,24-;;/m0../s1. The maximum Gasteiger partial charge on any atom is 0.324 e. The summed E-state index contributed by atoms with van der Waals surface area (Å²) in [7, 11) is 0. The Hall–Kier alpha value is -0.690. The molecule has 32 heavy (non-hydrogen) atoms. The minimum atomic E-state index is -0.283. The number of nitrogens with one attached hydrogen (secondary N) is 2. The van der Waals surface area contributed by atoms with Crippen LogP contribution in [0.4, 0.5) is 0 Å². The minimum absolute atomic E-state index is 0. The summed E-state index contributed by atoms with van der Waals surface area (Å²) in [6.45, 7) is 6.73. The maximum absolute atomic E-state index is 13.3. The topological polar surface area (TPSA) is 84.5 Å². The molecule has 0 spiro atoms. The van der Waals surface area contributed by atoms with E-state index in [1.807, 2.05) is 0 Å². The molecule has 1 saturated heterocycles. The Morgan fingerprint density at radius 3 is 2.53 bits per heavy atom. The van der Waals surface area contributed by atoms with Gasteiger partial charge in [0.15, 0.2) is 0 Å². The molecule has 4 saturated carbocycles. The first-order valence-electron chi connectivity index (χ1n) is 12.0. The fourth-order valence-electron chi connectivity index (χ4n) is 7.95. The van der Waals surface area contributed by atoms with Gasteiger partial charge < -0.3 is 15.4 Å². The second-order valence-electron chi connectivity index (χ2n) is 11.1. The quantitative estimate of drug-likeness (QED) is 0.580. The van der Waals surface area contributed by atoms with Crippen LogP contribution in [0.1, 0.15) is 65.2 Å². The van der Waals surface area contributed by atoms with Crippen molar-refractivity contribution >= 4 is 42.3 Å². The molecular weight excluding hydrogens is 451 g/mol. The summed E-state index contributed by atoms with van der Waals surface area (Å²) >= 11 is 0. The zero-order chi connectivity index (χ0) is 21.1. The lowest BCUT2D eigenvalue weighted by atomic mass is 9.45.